The van der Waals surface area contributed by atoms with Gasteiger partial charge < -0.3 is 10.1 Å². The van der Waals surface area contributed by atoms with Gasteiger partial charge in [-0.1, -0.05) is 34.3 Å². The molecule has 13 heteroatoms. The molecule has 0 fully saturated rings. The highest BCUT2D eigenvalue weighted by atomic mass is 35.5. The minimum Gasteiger partial charge on any atom is -0.472 e. The Morgan fingerprint density at radius 2 is 1.88 bits per heavy atom. The van der Waals surface area contributed by atoms with Crippen LogP contribution in [0.2, 0.25) is 10.0 Å². The number of ether oxygens (including phenoxy) is 1. The Balaban J connectivity index is 1.69. The number of carbonyl (C=O) groups is 1. The maximum Gasteiger partial charge on any atom is 0.416 e. The fourth-order valence-electron chi connectivity index (χ4n) is 3.18. The number of nitrogens with zero attached hydrogens (tertiary/aromatic N) is 3. The predicted octanol–water partition coefficient (Wildman–Crippen LogP) is 5.11. The summed E-state index contributed by atoms with van der Waals surface area (Å²) in [5.41, 5.74) is 0.378. The van der Waals surface area contributed by atoms with Gasteiger partial charge in [-0.25, -0.2) is 9.55 Å². The number of aromatic amines is 1. The predicted molar refractivity (Wildman–Crippen MR) is 121 cm³/mol. The molecule has 0 aliphatic rings. The van der Waals surface area contributed by atoms with Gasteiger partial charge in [0.25, 0.3) is 17.4 Å². The van der Waals surface area contributed by atoms with Crippen molar-refractivity contribution in [2.75, 3.05) is 17.7 Å². The van der Waals surface area contributed by atoms with Gasteiger partial charge >= 0.3 is 12.1 Å². The molecule has 1 aromatic carbocycles. The van der Waals surface area contributed by atoms with E-state index < -0.39 is 17.6 Å². The number of halogens is 5. The summed E-state index contributed by atoms with van der Waals surface area (Å²) in [4.78, 5) is 24.1. The molecule has 34 heavy (non-hydrogen) atoms. The van der Waals surface area contributed by atoms with Gasteiger partial charge in [-0.15, -0.1) is 0 Å². The number of aryl methyl sites for hydroxylation is 1. The summed E-state index contributed by atoms with van der Waals surface area (Å²) in [6.45, 7) is 0. The lowest BCUT2D eigenvalue weighted by Gasteiger charge is -2.09. The number of alkyl halides is 3. The number of methoxy groups -OCH3 is 1. The minimum absolute atomic E-state index is 0.0154. The van der Waals surface area contributed by atoms with E-state index in [2.05, 4.69) is 25.6 Å². The van der Waals surface area contributed by atoms with E-state index in [0.29, 0.717) is 32.8 Å². The van der Waals surface area contributed by atoms with Gasteiger partial charge in [0.15, 0.2) is 5.52 Å². The largest absolute Gasteiger partial charge is 0.472 e. The Hall–Kier alpha value is -3.57. The lowest BCUT2D eigenvalue weighted by molar-refractivity contribution is -0.631. The first kappa shape index (κ1) is 23.6. The van der Waals surface area contributed by atoms with Crippen molar-refractivity contribution in [2.24, 2.45) is 7.05 Å². The Kier molecular flexibility index (Phi) is 6.24. The molecule has 0 aliphatic carbocycles. The summed E-state index contributed by atoms with van der Waals surface area (Å²) in [7, 11) is 3.04. The molecule has 0 saturated carbocycles. The SMILES string of the molecule is COc1nc2c(cc1C(=O)Nc1cc(C(F)(F)F)ccn1)[nH]c(Nc1c(Cl)cccc1Cl)[n+]2C. The van der Waals surface area contributed by atoms with Crippen LogP contribution in [-0.4, -0.2) is 28.0 Å². The van der Waals surface area contributed by atoms with Crippen LogP contribution in [0.1, 0.15) is 15.9 Å². The standard InChI is InChI=1S/C21H15Cl2F3N6O2/c1-32-17-14(28-20(32)30-16-12(22)4-3-5-13(16)23)9-11(19(31-17)34-2)18(33)29-15-8-10(6-7-27-15)21(24,25)26/h3-9H,1-2H3,(H2,27,28,29,30,33)/p+1. The number of hydrogen-bond acceptors (Lipinski definition) is 5. The van der Waals surface area contributed by atoms with Crippen molar-refractivity contribution in [2.45, 2.75) is 6.18 Å². The van der Waals surface area contributed by atoms with E-state index in [4.69, 9.17) is 27.9 Å². The molecule has 3 heterocycles. The third-order valence-corrected chi connectivity index (χ3v) is 5.48. The first-order chi connectivity index (χ1) is 16.1. The monoisotopic (exact) mass is 511 g/mol. The van der Waals surface area contributed by atoms with E-state index in [1.807, 2.05) is 0 Å². The number of anilines is 3. The highest BCUT2D eigenvalue weighted by Gasteiger charge is 2.31. The Morgan fingerprint density at radius 1 is 1.18 bits per heavy atom. The maximum atomic E-state index is 13.0. The van der Waals surface area contributed by atoms with Crippen LogP contribution in [0.25, 0.3) is 11.2 Å². The summed E-state index contributed by atoms with van der Waals surface area (Å²) in [5.74, 6) is -0.598. The number of amides is 1. The van der Waals surface area contributed by atoms with Crippen LogP contribution in [0, 0.1) is 0 Å². The van der Waals surface area contributed by atoms with Crippen LogP contribution >= 0.6 is 23.2 Å². The van der Waals surface area contributed by atoms with Crippen LogP contribution in [0.4, 0.5) is 30.6 Å². The average Bonchev–Trinajstić information content (AvgIpc) is 3.09. The summed E-state index contributed by atoms with van der Waals surface area (Å²) < 4.78 is 45.8. The van der Waals surface area contributed by atoms with E-state index in [-0.39, 0.29) is 17.3 Å². The topological polar surface area (TPSA) is 95.8 Å². The molecule has 0 atom stereocenters. The quantitative estimate of drug-likeness (QED) is 0.323. The number of hydrogen-bond donors (Lipinski definition) is 3. The third kappa shape index (κ3) is 4.57. The van der Waals surface area contributed by atoms with Crippen LogP contribution in [-0.2, 0) is 13.2 Å². The zero-order valence-corrected chi connectivity index (χ0v) is 19.1. The number of benzene rings is 1. The zero-order valence-electron chi connectivity index (χ0n) is 17.6. The molecule has 8 nitrogen and oxygen atoms in total. The van der Waals surface area contributed by atoms with Crippen LogP contribution < -0.4 is 19.9 Å². The van der Waals surface area contributed by atoms with E-state index in [1.54, 1.807) is 29.8 Å². The van der Waals surface area contributed by atoms with Crippen molar-refractivity contribution in [3.8, 4) is 5.88 Å². The lowest BCUT2D eigenvalue weighted by Crippen LogP contribution is -2.31. The van der Waals surface area contributed by atoms with Crippen molar-refractivity contribution >= 4 is 57.7 Å². The molecule has 0 aliphatic heterocycles. The van der Waals surface area contributed by atoms with Gasteiger partial charge in [0.05, 0.1) is 29.8 Å². The molecule has 4 aromatic rings. The third-order valence-electron chi connectivity index (χ3n) is 4.85. The van der Waals surface area contributed by atoms with Crippen molar-refractivity contribution in [3.05, 3.63) is 63.8 Å². The van der Waals surface area contributed by atoms with Gasteiger partial charge in [0, 0.05) is 6.20 Å². The molecular weight excluding hydrogens is 496 g/mol. The van der Waals surface area contributed by atoms with E-state index in [0.717, 1.165) is 18.3 Å². The highest BCUT2D eigenvalue weighted by Crippen LogP contribution is 2.33. The average molecular weight is 512 g/mol. The molecule has 176 valence electrons. The van der Waals surface area contributed by atoms with E-state index in [9.17, 15) is 18.0 Å². The summed E-state index contributed by atoms with van der Waals surface area (Å²) in [6.07, 6.45) is -3.62. The molecule has 0 unspecified atom stereocenters. The smallest absolute Gasteiger partial charge is 0.416 e. The number of imidazole rings is 1. The molecule has 3 aromatic heterocycles. The summed E-state index contributed by atoms with van der Waals surface area (Å²) in [5, 5.41) is 6.22. The highest BCUT2D eigenvalue weighted by molar-refractivity contribution is 6.39. The molecule has 1 amide bonds. The van der Waals surface area contributed by atoms with Crippen molar-refractivity contribution in [3.63, 3.8) is 0 Å². The number of pyridine rings is 2. The van der Waals surface area contributed by atoms with Crippen molar-refractivity contribution in [1.29, 1.82) is 0 Å². The molecule has 0 saturated heterocycles. The van der Waals surface area contributed by atoms with Crippen LogP contribution in [0.5, 0.6) is 5.88 Å². The number of para-hydroxylation sites is 1. The first-order valence-electron chi connectivity index (χ1n) is 9.61. The van der Waals surface area contributed by atoms with Crippen molar-refractivity contribution < 1.29 is 27.3 Å². The molecule has 0 spiro atoms. The van der Waals surface area contributed by atoms with Crippen molar-refractivity contribution in [1.82, 2.24) is 15.0 Å². The Labute approximate surface area is 200 Å². The Morgan fingerprint density at radius 3 is 2.53 bits per heavy atom. The fraction of sp³-hybridized carbons (Fsp3) is 0.143. The minimum atomic E-state index is -4.58. The first-order valence-corrected chi connectivity index (χ1v) is 10.4. The number of aromatic nitrogens is 4. The summed E-state index contributed by atoms with van der Waals surface area (Å²) >= 11 is 12.5. The molecule has 0 bridgehead atoms. The lowest BCUT2D eigenvalue weighted by atomic mass is 10.2. The molecule has 3 N–H and O–H groups in total. The Bertz CT molecular complexity index is 1390. The maximum absolute atomic E-state index is 13.0. The number of fused-ring (bicyclic) bond motifs is 1. The molecule has 0 radical (unpaired) electrons. The molecule has 4 rings (SSSR count). The van der Waals surface area contributed by atoms with Crippen LogP contribution in [0.3, 0.4) is 0 Å². The fourth-order valence-corrected chi connectivity index (χ4v) is 3.67. The second-order valence-electron chi connectivity index (χ2n) is 7.05. The van der Waals surface area contributed by atoms with Gasteiger partial charge in [0.1, 0.15) is 17.1 Å². The van der Waals surface area contributed by atoms with Gasteiger partial charge in [-0.05, 0) is 30.3 Å². The second kappa shape index (κ2) is 8.99. The van der Waals surface area contributed by atoms with Gasteiger partial charge in [0.2, 0.25) is 0 Å². The number of rotatable bonds is 5. The second-order valence-corrected chi connectivity index (χ2v) is 7.87. The number of nitrogens with one attached hydrogen (secondary N) is 3. The zero-order chi connectivity index (χ0) is 24.6. The molecular formula is C21H16Cl2F3N6O2+. The van der Waals surface area contributed by atoms with Gasteiger partial charge in [-0.3, -0.25) is 15.1 Å². The number of carbonyl (C=O) groups excluding carboxylic acids is 1. The van der Waals surface area contributed by atoms with E-state index >= 15 is 0 Å². The van der Waals surface area contributed by atoms with Gasteiger partial charge in [-0.2, -0.15) is 13.2 Å². The summed E-state index contributed by atoms with van der Waals surface area (Å²) in [6, 6.07) is 8.05. The number of H-pyrrole nitrogens is 1. The van der Waals surface area contributed by atoms with Crippen LogP contribution in [0.15, 0.2) is 42.6 Å². The normalized spacial score (nSPS) is 11.5. The van der Waals surface area contributed by atoms with E-state index in [1.165, 1.54) is 13.2 Å².